The van der Waals surface area contributed by atoms with Gasteiger partial charge in [0.15, 0.2) is 5.13 Å². The Morgan fingerprint density at radius 1 is 1.28 bits per heavy atom. The third kappa shape index (κ3) is 3.73. The van der Waals surface area contributed by atoms with Crippen molar-refractivity contribution in [3.8, 4) is 10.6 Å². The molecule has 3 heterocycles. The van der Waals surface area contributed by atoms with E-state index in [1.165, 1.54) is 12.1 Å². The number of aliphatic hydroxyl groups excluding tert-OH is 1. The van der Waals surface area contributed by atoms with E-state index in [4.69, 9.17) is 0 Å². The van der Waals surface area contributed by atoms with Gasteiger partial charge in [0.05, 0.1) is 16.1 Å². The van der Waals surface area contributed by atoms with E-state index in [1.54, 1.807) is 0 Å². The molecular formula is C19H16F3N3O3S. The lowest BCUT2D eigenvalue weighted by Gasteiger charge is -2.13. The van der Waals surface area contributed by atoms with Gasteiger partial charge in [-0.25, -0.2) is 8.78 Å². The van der Waals surface area contributed by atoms with Crippen molar-refractivity contribution in [1.82, 2.24) is 15.6 Å². The topological polar surface area (TPSA) is 94.2 Å². The number of carbonyl (C=O) groups excluding carboxylic acids is 2. The van der Waals surface area contributed by atoms with Crippen molar-refractivity contribution in [2.45, 2.75) is 25.0 Å². The Morgan fingerprint density at radius 2 is 2.07 bits per heavy atom. The van der Waals surface area contributed by atoms with E-state index in [-0.39, 0.29) is 30.3 Å². The molecule has 0 saturated carbocycles. The summed E-state index contributed by atoms with van der Waals surface area (Å²) in [5.74, 6) is -2.54. The van der Waals surface area contributed by atoms with E-state index < -0.39 is 40.7 Å². The van der Waals surface area contributed by atoms with Gasteiger partial charge in [0.2, 0.25) is 11.8 Å². The van der Waals surface area contributed by atoms with Gasteiger partial charge in [-0.1, -0.05) is 0 Å². The van der Waals surface area contributed by atoms with Crippen LogP contribution in [0.5, 0.6) is 0 Å². The molecule has 6 nitrogen and oxygen atoms in total. The molecule has 10 heteroatoms. The van der Waals surface area contributed by atoms with Crippen LogP contribution in [0.25, 0.3) is 21.5 Å². The third-order valence-corrected chi connectivity index (χ3v) is 5.71. The lowest BCUT2D eigenvalue weighted by atomic mass is 10.0. The van der Waals surface area contributed by atoms with Gasteiger partial charge in [0.1, 0.15) is 23.8 Å². The van der Waals surface area contributed by atoms with Crippen molar-refractivity contribution >= 4 is 34.1 Å². The predicted octanol–water partition coefficient (Wildman–Crippen LogP) is 2.22. The number of fused-ring (bicyclic) bond motifs is 1. The van der Waals surface area contributed by atoms with Gasteiger partial charge in [-0.05, 0) is 30.2 Å². The van der Waals surface area contributed by atoms with E-state index in [2.05, 4.69) is 15.6 Å². The first-order valence-electron chi connectivity index (χ1n) is 8.84. The molecule has 4 rings (SSSR count). The third-order valence-electron chi connectivity index (χ3n) is 4.82. The molecule has 3 aromatic rings. The Hall–Kier alpha value is -2.85. The van der Waals surface area contributed by atoms with Crippen molar-refractivity contribution in [1.29, 1.82) is 0 Å². The number of aryl methyl sites for hydroxylation is 1. The van der Waals surface area contributed by atoms with Crippen molar-refractivity contribution in [3.63, 3.8) is 0 Å². The van der Waals surface area contributed by atoms with E-state index in [0.29, 0.717) is 16.1 Å². The zero-order valence-electron chi connectivity index (χ0n) is 14.9. The number of hydrogen-bond donors (Lipinski definition) is 4. The van der Waals surface area contributed by atoms with Crippen LogP contribution >= 0.6 is 11.3 Å². The zero-order valence-corrected chi connectivity index (χ0v) is 15.7. The molecule has 0 unspecified atom stereocenters. The molecule has 1 saturated heterocycles. The normalized spacial score (nSPS) is 19.0. The summed E-state index contributed by atoms with van der Waals surface area (Å²) in [4.78, 5) is 27.3. The largest absolute Gasteiger partial charge is 0.389 e. The van der Waals surface area contributed by atoms with Crippen molar-refractivity contribution in [2.75, 3.05) is 6.54 Å². The number of aromatic amines is 1. The van der Waals surface area contributed by atoms with E-state index in [1.807, 2.05) is 0 Å². The maximum absolute atomic E-state index is 14.2. The van der Waals surface area contributed by atoms with Gasteiger partial charge in [0.25, 0.3) is 0 Å². The molecule has 0 aliphatic carbocycles. The smallest absolute Gasteiger partial charge is 0.245 e. The molecule has 1 aromatic carbocycles. The molecule has 1 fully saturated rings. The standard InChI is InChI=1S/C19H16F3N3O3S/c20-8-5-10-9(1-4-15(27)24-18-12(26)7-23-19(18)28)17(13-2-3-14(22)29-13)25-16(10)11(21)6-8/h2-3,5-6,12,18,25-26H,1,4,7H2,(H,23,28)(H,24,27)/t12-,18+/m1/s1. The molecule has 2 aromatic heterocycles. The first kappa shape index (κ1) is 19.5. The first-order chi connectivity index (χ1) is 13.8. The molecular weight excluding hydrogens is 407 g/mol. The average Bonchev–Trinajstić information content (AvgIpc) is 3.33. The number of rotatable bonds is 5. The van der Waals surface area contributed by atoms with Crippen LogP contribution in [0, 0.1) is 16.8 Å². The highest BCUT2D eigenvalue weighted by Crippen LogP contribution is 2.36. The molecule has 152 valence electrons. The van der Waals surface area contributed by atoms with Gasteiger partial charge in [0, 0.05) is 24.4 Å². The zero-order chi connectivity index (χ0) is 20.7. The minimum absolute atomic E-state index is 0.0544. The number of benzene rings is 1. The van der Waals surface area contributed by atoms with Crippen LogP contribution < -0.4 is 10.6 Å². The molecule has 29 heavy (non-hydrogen) atoms. The number of β-amino-alcohol motifs (C(OH)–C–C–N with tert-alkyl or cyclic N) is 1. The molecule has 1 aliphatic heterocycles. The quantitative estimate of drug-likeness (QED) is 0.507. The fraction of sp³-hybridized carbons (Fsp3) is 0.263. The first-order valence-corrected chi connectivity index (χ1v) is 9.65. The number of halogens is 3. The van der Waals surface area contributed by atoms with Crippen LogP contribution in [0.4, 0.5) is 13.2 Å². The molecule has 0 radical (unpaired) electrons. The molecule has 2 atom stereocenters. The summed E-state index contributed by atoms with van der Waals surface area (Å²) in [7, 11) is 0. The summed E-state index contributed by atoms with van der Waals surface area (Å²) in [6, 6.07) is 3.64. The highest BCUT2D eigenvalue weighted by molar-refractivity contribution is 7.13. The second-order valence-electron chi connectivity index (χ2n) is 6.75. The van der Waals surface area contributed by atoms with Crippen LogP contribution in [0.1, 0.15) is 12.0 Å². The minimum atomic E-state index is -1.04. The summed E-state index contributed by atoms with van der Waals surface area (Å²) in [5.41, 5.74) is 0.938. The number of carbonyl (C=O) groups is 2. The number of nitrogens with one attached hydrogen (secondary N) is 3. The lowest BCUT2D eigenvalue weighted by Crippen LogP contribution is -2.45. The van der Waals surface area contributed by atoms with Crippen molar-refractivity contribution in [3.05, 3.63) is 46.6 Å². The average molecular weight is 423 g/mol. The fourth-order valence-electron chi connectivity index (χ4n) is 3.45. The Balaban J connectivity index is 1.63. The monoisotopic (exact) mass is 423 g/mol. The summed E-state index contributed by atoms with van der Waals surface area (Å²) in [6.45, 7) is 0.0544. The number of hydrogen-bond acceptors (Lipinski definition) is 4. The Morgan fingerprint density at radius 3 is 2.72 bits per heavy atom. The Labute approximate surface area is 166 Å². The van der Waals surface area contributed by atoms with E-state index >= 15 is 0 Å². The number of aliphatic hydroxyl groups is 1. The van der Waals surface area contributed by atoms with Crippen molar-refractivity contribution < 1.29 is 27.9 Å². The number of H-pyrrole nitrogens is 1. The maximum atomic E-state index is 14.2. The second-order valence-corrected chi connectivity index (χ2v) is 7.78. The second kappa shape index (κ2) is 7.53. The fourth-order valence-corrected chi connectivity index (χ4v) is 4.20. The summed E-state index contributed by atoms with van der Waals surface area (Å²) >= 11 is 0.841. The van der Waals surface area contributed by atoms with E-state index in [9.17, 15) is 27.9 Å². The Kier molecular flexibility index (Phi) is 5.05. The summed E-state index contributed by atoms with van der Waals surface area (Å²) in [5, 5.41) is 14.5. The van der Waals surface area contributed by atoms with Crippen LogP contribution in [0.2, 0.25) is 0 Å². The van der Waals surface area contributed by atoms with Crippen LogP contribution in [-0.2, 0) is 16.0 Å². The van der Waals surface area contributed by atoms with Gasteiger partial charge in [-0.2, -0.15) is 4.39 Å². The van der Waals surface area contributed by atoms with Crippen LogP contribution in [0.15, 0.2) is 24.3 Å². The highest BCUT2D eigenvalue weighted by atomic mass is 32.1. The predicted molar refractivity (Wildman–Crippen MR) is 101 cm³/mol. The van der Waals surface area contributed by atoms with E-state index in [0.717, 1.165) is 23.5 Å². The van der Waals surface area contributed by atoms with Gasteiger partial charge in [-0.15, -0.1) is 11.3 Å². The van der Waals surface area contributed by atoms with Gasteiger partial charge >= 0.3 is 0 Å². The molecule has 0 spiro atoms. The Bertz CT molecular complexity index is 1110. The summed E-state index contributed by atoms with van der Waals surface area (Å²) in [6.07, 6.45) is -1.02. The summed E-state index contributed by atoms with van der Waals surface area (Å²) < 4.78 is 41.5. The minimum Gasteiger partial charge on any atom is -0.389 e. The SMILES string of the molecule is O=C(CCc1c(-c2ccc(F)s2)[nH]c2c(F)cc(F)cc12)N[C@@H]1C(=O)NC[C@H]1O. The molecule has 2 amide bonds. The lowest BCUT2D eigenvalue weighted by molar-refractivity contribution is -0.128. The molecule has 1 aliphatic rings. The number of thiophene rings is 1. The van der Waals surface area contributed by atoms with Crippen molar-refractivity contribution in [2.24, 2.45) is 0 Å². The maximum Gasteiger partial charge on any atom is 0.245 e. The molecule has 4 N–H and O–H groups in total. The highest BCUT2D eigenvalue weighted by Gasteiger charge is 2.34. The molecule has 0 bridgehead atoms. The van der Waals surface area contributed by atoms with Crippen LogP contribution in [0.3, 0.4) is 0 Å². The van der Waals surface area contributed by atoms with Gasteiger partial charge < -0.3 is 20.7 Å². The van der Waals surface area contributed by atoms with Gasteiger partial charge in [-0.3, -0.25) is 9.59 Å². The van der Waals surface area contributed by atoms with Crippen LogP contribution in [-0.4, -0.2) is 40.6 Å². The number of aromatic nitrogens is 1. The number of amides is 2.